The van der Waals surface area contributed by atoms with Crippen molar-refractivity contribution in [2.75, 3.05) is 13.7 Å². The number of rotatable bonds is 7. The number of benzene rings is 1. The zero-order valence-electron chi connectivity index (χ0n) is 15.9. The summed E-state index contributed by atoms with van der Waals surface area (Å²) < 4.78 is 33.8. The van der Waals surface area contributed by atoms with Crippen LogP contribution in [0.3, 0.4) is 0 Å². The van der Waals surface area contributed by atoms with Crippen molar-refractivity contribution < 1.29 is 37.4 Å². The first kappa shape index (κ1) is 21.9. The van der Waals surface area contributed by atoms with Gasteiger partial charge < -0.3 is 14.8 Å². The number of nitrogens with zero attached hydrogens (tertiary/aromatic N) is 1. The minimum Gasteiger partial charge on any atom is -0.493 e. The molecule has 12 heteroatoms. The van der Waals surface area contributed by atoms with Crippen LogP contribution in [-0.2, 0) is 9.59 Å². The highest BCUT2D eigenvalue weighted by Gasteiger charge is 2.43. The van der Waals surface area contributed by atoms with Crippen LogP contribution in [0.1, 0.15) is 30.6 Å². The number of imide groups is 1. The lowest BCUT2D eigenvalue weighted by Gasteiger charge is -2.16. The molecule has 1 heterocycles. The van der Waals surface area contributed by atoms with E-state index in [4.69, 9.17) is 4.74 Å². The molecule has 1 aliphatic rings. The average molecular weight is 414 g/mol. The molecule has 3 N–H and O–H groups in total. The molecule has 1 aromatic rings. The lowest BCUT2D eigenvalue weighted by atomic mass is 10.1. The fourth-order valence-corrected chi connectivity index (χ4v) is 2.50. The van der Waals surface area contributed by atoms with Gasteiger partial charge in [0.2, 0.25) is 5.91 Å². The Labute approximate surface area is 164 Å². The van der Waals surface area contributed by atoms with Gasteiger partial charge in [0.1, 0.15) is 5.54 Å². The largest absolute Gasteiger partial charge is 0.493 e. The van der Waals surface area contributed by atoms with Crippen LogP contribution < -0.4 is 25.6 Å². The Morgan fingerprint density at radius 3 is 2.45 bits per heavy atom. The minimum atomic E-state index is -3.06. The van der Waals surface area contributed by atoms with E-state index in [2.05, 4.69) is 20.9 Å². The van der Waals surface area contributed by atoms with E-state index in [-0.39, 0.29) is 30.0 Å². The fraction of sp³-hybridized carbons (Fsp3) is 0.412. The maximum Gasteiger partial charge on any atom is 0.387 e. The molecule has 0 radical (unpaired) electrons. The monoisotopic (exact) mass is 414 g/mol. The molecule has 0 aliphatic carbocycles. The number of hydrazine groups is 1. The van der Waals surface area contributed by atoms with Crippen molar-refractivity contribution >= 4 is 23.8 Å². The Morgan fingerprint density at radius 2 is 1.90 bits per heavy atom. The summed E-state index contributed by atoms with van der Waals surface area (Å²) in [4.78, 5) is 48.7. The van der Waals surface area contributed by atoms with Gasteiger partial charge in [0.25, 0.3) is 11.8 Å². The highest BCUT2D eigenvalue weighted by Crippen LogP contribution is 2.29. The maximum atomic E-state index is 12.3. The van der Waals surface area contributed by atoms with Crippen molar-refractivity contribution in [3.05, 3.63) is 23.8 Å². The van der Waals surface area contributed by atoms with Gasteiger partial charge in [-0.05, 0) is 32.0 Å². The van der Waals surface area contributed by atoms with Crippen molar-refractivity contribution in [1.29, 1.82) is 0 Å². The number of ether oxygens (including phenoxy) is 2. The average Bonchev–Trinajstić information content (AvgIpc) is 2.84. The Bertz CT molecular complexity index is 830. The summed E-state index contributed by atoms with van der Waals surface area (Å²) in [5.41, 5.74) is 3.25. The molecule has 0 saturated carbocycles. The summed E-state index contributed by atoms with van der Waals surface area (Å²) in [6.45, 7) is -0.139. The normalized spacial score (nSPS) is 15.2. The second-order valence-corrected chi connectivity index (χ2v) is 6.51. The van der Waals surface area contributed by atoms with Crippen LogP contribution in [0, 0.1) is 0 Å². The first-order valence-electron chi connectivity index (χ1n) is 8.41. The van der Waals surface area contributed by atoms with Crippen LogP contribution >= 0.6 is 0 Å². The molecule has 0 spiro atoms. The highest BCUT2D eigenvalue weighted by atomic mass is 19.3. The smallest absolute Gasteiger partial charge is 0.387 e. The molecule has 29 heavy (non-hydrogen) atoms. The first-order valence-corrected chi connectivity index (χ1v) is 8.41. The van der Waals surface area contributed by atoms with E-state index >= 15 is 0 Å². The topological polar surface area (TPSA) is 126 Å². The Kier molecular flexibility index (Phi) is 6.56. The van der Waals surface area contributed by atoms with E-state index in [1.807, 2.05) is 0 Å². The molecule has 1 fully saturated rings. The molecule has 0 aromatic heterocycles. The van der Waals surface area contributed by atoms with Gasteiger partial charge in [-0.1, -0.05) is 0 Å². The summed E-state index contributed by atoms with van der Waals surface area (Å²) in [5.74, 6) is -2.19. The zero-order valence-corrected chi connectivity index (χ0v) is 15.9. The van der Waals surface area contributed by atoms with Gasteiger partial charge in [-0.2, -0.15) is 8.78 Å². The van der Waals surface area contributed by atoms with Crippen LogP contribution in [0.4, 0.5) is 13.6 Å². The molecule has 158 valence electrons. The van der Waals surface area contributed by atoms with Gasteiger partial charge in [0, 0.05) is 18.5 Å². The summed E-state index contributed by atoms with van der Waals surface area (Å²) in [6.07, 6.45) is -0.236. The molecule has 2 rings (SSSR count). The standard InChI is InChI=1S/C17H20F2N4O6/c1-17(2)14(26)23(16(27)20-17)7-6-12(24)21-22-13(25)9-4-5-10(29-15(18)19)11(8-9)28-3/h4-5,8,15H,6-7H2,1-3H3,(H,20,27)(H,21,24)(H,22,25). The van der Waals surface area contributed by atoms with Crippen LogP contribution in [0.5, 0.6) is 11.5 Å². The molecule has 1 aromatic carbocycles. The van der Waals surface area contributed by atoms with Crippen molar-refractivity contribution in [3.63, 3.8) is 0 Å². The lowest BCUT2D eigenvalue weighted by Crippen LogP contribution is -2.44. The number of hydrogen-bond acceptors (Lipinski definition) is 6. The lowest BCUT2D eigenvalue weighted by molar-refractivity contribution is -0.130. The molecule has 10 nitrogen and oxygen atoms in total. The van der Waals surface area contributed by atoms with Gasteiger partial charge in [-0.25, -0.2) is 4.79 Å². The third-order valence-electron chi connectivity index (χ3n) is 3.96. The summed E-state index contributed by atoms with van der Waals surface area (Å²) in [5, 5.41) is 2.48. The van der Waals surface area contributed by atoms with Crippen molar-refractivity contribution in [1.82, 2.24) is 21.1 Å². The van der Waals surface area contributed by atoms with E-state index in [9.17, 15) is 28.0 Å². The number of nitrogens with one attached hydrogen (secondary N) is 3. The summed E-state index contributed by atoms with van der Waals surface area (Å²) in [7, 11) is 1.22. The van der Waals surface area contributed by atoms with Gasteiger partial charge >= 0.3 is 12.6 Å². The van der Waals surface area contributed by atoms with Crippen LogP contribution in [0.25, 0.3) is 0 Å². The van der Waals surface area contributed by atoms with Gasteiger partial charge in [0.05, 0.1) is 7.11 Å². The number of alkyl halides is 2. The van der Waals surface area contributed by atoms with E-state index < -0.39 is 35.9 Å². The molecular formula is C17H20F2N4O6. The van der Waals surface area contributed by atoms with E-state index in [1.54, 1.807) is 13.8 Å². The third-order valence-corrected chi connectivity index (χ3v) is 3.96. The predicted molar refractivity (Wildman–Crippen MR) is 94.2 cm³/mol. The molecule has 5 amide bonds. The number of methoxy groups -OCH3 is 1. The van der Waals surface area contributed by atoms with E-state index in [0.717, 1.165) is 17.0 Å². The molecule has 0 atom stereocenters. The number of hydrogen-bond donors (Lipinski definition) is 3. The van der Waals surface area contributed by atoms with E-state index in [0.29, 0.717) is 0 Å². The van der Waals surface area contributed by atoms with Gasteiger partial charge in [-0.15, -0.1) is 0 Å². The van der Waals surface area contributed by atoms with Crippen molar-refractivity contribution in [2.24, 2.45) is 0 Å². The number of carbonyl (C=O) groups is 4. The Morgan fingerprint density at radius 1 is 1.21 bits per heavy atom. The quantitative estimate of drug-likeness (QED) is 0.447. The van der Waals surface area contributed by atoms with Gasteiger partial charge in [-0.3, -0.25) is 30.1 Å². The number of amides is 5. The van der Waals surface area contributed by atoms with Crippen molar-refractivity contribution in [2.45, 2.75) is 32.4 Å². The molecular weight excluding hydrogens is 394 g/mol. The first-order chi connectivity index (χ1) is 13.5. The Hall–Kier alpha value is -3.44. The molecule has 0 unspecified atom stereocenters. The highest BCUT2D eigenvalue weighted by molar-refractivity contribution is 6.06. The van der Waals surface area contributed by atoms with Crippen LogP contribution in [0.15, 0.2) is 18.2 Å². The second kappa shape index (κ2) is 8.71. The predicted octanol–water partition coefficient (Wildman–Crippen LogP) is 0.778. The second-order valence-electron chi connectivity index (χ2n) is 6.51. The van der Waals surface area contributed by atoms with Crippen molar-refractivity contribution in [3.8, 4) is 11.5 Å². The Balaban J connectivity index is 1.88. The zero-order chi connectivity index (χ0) is 21.8. The third kappa shape index (κ3) is 5.30. The molecule has 0 bridgehead atoms. The molecule has 1 aliphatic heterocycles. The SMILES string of the molecule is COc1cc(C(=O)NNC(=O)CCN2C(=O)NC(C)(C)C2=O)ccc1OC(F)F. The summed E-state index contributed by atoms with van der Waals surface area (Å²) in [6, 6.07) is 2.89. The maximum absolute atomic E-state index is 12.3. The minimum absolute atomic E-state index is 0.0135. The number of halogens is 2. The summed E-state index contributed by atoms with van der Waals surface area (Å²) >= 11 is 0. The number of urea groups is 1. The number of carbonyl (C=O) groups excluding carboxylic acids is 4. The fourth-order valence-electron chi connectivity index (χ4n) is 2.50. The van der Waals surface area contributed by atoms with Crippen LogP contribution in [-0.4, -0.2) is 54.5 Å². The molecule has 1 saturated heterocycles. The van der Waals surface area contributed by atoms with E-state index in [1.165, 1.54) is 13.2 Å². The van der Waals surface area contributed by atoms with Crippen LogP contribution in [0.2, 0.25) is 0 Å². The van der Waals surface area contributed by atoms with Gasteiger partial charge in [0.15, 0.2) is 11.5 Å².